The van der Waals surface area contributed by atoms with Crippen LogP contribution in [0.25, 0.3) is 0 Å². The number of carbonyl (C=O) groups excluding carboxylic acids is 6. The first-order valence-electron chi connectivity index (χ1n) is 19.9. The number of nitrogens with one attached hydrogen (secondary N) is 5. The smallest absolute Gasteiger partial charge is 0.290 e. The Kier molecular flexibility index (Phi) is 14.5. The molecule has 0 bridgehead atoms. The Labute approximate surface area is 321 Å². The van der Waals surface area contributed by atoms with Crippen molar-refractivity contribution < 1.29 is 28.8 Å². The topological polar surface area (TPSA) is 169 Å². The van der Waals surface area contributed by atoms with Crippen LogP contribution in [0.3, 0.4) is 0 Å². The average molecular weight is 752 g/mol. The van der Waals surface area contributed by atoms with Gasteiger partial charge in [0, 0.05) is 26.7 Å². The van der Waals surface area contributed by atoms with Crippen LogP contribution >= 0.6 is 0 Å². The van der Waals surface area contributed by atoms with Gasteiger partial charge in [-0.2, -0.15) is 0 Å². The van der Waals surface area contributed by atoms with Crippen LogP contribution in [0.5, 0.6) is 0 Å². The van der Waals surface area contributed by atoms with Crippen molar-refractivity contribution in [3.05, 3.63) is 35.9 Å². The molecular weight excluding hydrogens is 686 g/mol. The van der Waals surface area contributed by atoms with Crippen LogP contribution in [-0.2, 0) is 28.8 Å². The second-order valence-corrected chi connectivity index (χ2v) is 17.5. The molecule has 2 aliphatic carbocycles. The quantitative estimate of drug-likeness (QED) is 0.120. The first kappa shape index (κ1) is 42.9. The summed E-state index contributed by atoms with van der Waals surface area (Å²) in [5, 5.41) is 15.1. The molecule has 4 rings (SSSR count). The molecule has 0 radical (unpaired) electrons. The molecular formula is C41H65N7O6. The molecule has 1 aromatic carbocycles. The lowest BCUT2D eigenvalue weighted by Gasteiger charge is -2.40. The van der Waals surface area contributed by atoms with Gasteiger partial charge in [-0.25, -0.2) is 0 Å². The van der Waals surface area contributed by atoms with E-state index in [1.165, 1.54) is 24.2 Å². The molecule has 1 aliphatic heterocycles. The summed E-state index contributed by atoms with van der Waals surface area (Å²) in [5.74, 6) is -3.42. The predicted octanol–water partition coefficient (Wildman–Crippen LogP) is 3.05. The minimum absolute atomic E-state index is 0.0817. The van der Waals surface area contributed by atoms with Crippen LogP contribution in [0, 0.1) is 22.7 Å². The van der Waals surface area contributed by atoms with Crippen molar-refractivity contribution >= 4 is 35.3 Å². The Balaban J connectivity index is 1.44. The molecule has 54 heavy (non-hydrogen) atoms. The maximum Gasteiger partial charge on any atom is 0.290 e. The van der Waals surface area contributed by atoms with Crippen molar-refractivity contribution in [3.63, 3.8) is 0 Å². The van der Waals surface area contributed by atoms with E-state index >= 15 is 0 Å². The van der Waals surface area contributed by atoms with Crippen LogP contribution in [0.4, 0.5) is 0 Å². The van der Waals surface area contributed by atoms with Crippen molar-refractivity contribution in [1.29, 1.82) is 0 Å². The van der Waals surface area contributed by atoms with Gasteiger partial charge in [0.1, 0.15) is 12.1 Å². The van der Waals surface area contributed by atoms with Gasteiger partial charge in [0.05, 0.1) is 24.8 Å². The predicted molar refractivity (Wildman–Crippen MR) is 208 cm³/mol. The lowest BCUT2D eigenvalue weighted by Crippen LogP contribution is -2.62. The van der Waals surface area contributed by atoms with Crippen LogP contribution in [0.2, 0.25) is 0 Å². The van der Waals surface area contributed by atoms with Gasteiger partial charge >= 0.3 is 0 Å². The maximum absolute atomic E-state index is 14.5. The van der Waals surface area contributed by atoms with E-state index in [1.54, 1.807) is 49.3 Å². The molecule has 3 aliphatic rings. The first-order chi connectivity index (χ1) is 25.4. The number of amides is 5. The van der Waals surface area contributed by atoms with Crippen molar-refractivity contribution in [3.8, 4) is 0 Å². The zero-order valence-electron chi connectivity index (χ0n) is 33.9. The van der Waals surface area contributed by atoms with Gasteiger partial charge in [0.25, 0.3) is 5.91 Å². The molecule has 2 saturated carbocycles. The Hall–Kier alpha value is -3.84. The van der Waals surface area contributed by atoms with Gasteiger partial charge < -0.3 is 25.8 Å². The lowest BCUT2D eigenvalue weighted by atomic mass is 9.85. The summed E-state index contributed by atoms with van der Waals surface area (Å²) in [6.07, 6.45) is 7.28. The number of nitrogens with zero attached hydrogens (tertiary/aromatic N) is 2. The van der Waals surface area contributed by atoms with E-state index in [0.29, 0.717) is 24.6 Å². The number of benzene rings is 1. The molecule has 5 N–H and O–H groups in total. The monoisotopic (exact) mass is 751 g/mol. The maximum atomic E-state index is 14.5. The third kappa shape index (κ3) is 10.5. The van der Waals surface area contributed by atoms with E-state index in [2.05, 4.69) is 40.4 Å². The number of carbonyl (C=O) groups is 6. The summed E-state index contributed by atoms with van der Waals surface area (Å²) in [6, 6.07) is 5.67. The van der Waals surface area contributed by atoms with E-state index in [4.69, 9.17) is 0 Å². The van der Waals surface area contributed by atoms with E-state index in [-0.39, 0.29) is 41.7 Å². The van der Waals surface area contributed by atoms with Gasteiger partial charge in [-0.15, -0.1) is 0 Å². The van der Waals surface area contributed by atoms with E-state index in [1.807, 2.05) is 34.6 Å². The molecule has 13 nitrogen and oxygen atoms in total. The molecule has 1 heterocycles. The Morgan fingerprint density at radius 2 is 1.61 bits per heavy atom. The molecule has 5 amide bonds. The molecule has 1 saturated heterocycles. The number of likely N-dealkylation sites (tertiary alicyclic amines) is 1. The van der Waals surface area contributed by atoms with Gasteiger partial charge in [0.2, 0.25) is 29.4 Å². The zero-order chi connectivity index (χ0) is 40.0. The normalized spacial score (nSPS) is 22.9. The van der Waals surface area contributed by atoms with E-state index in [0.717, 1.165) is 19.3 Å². The summed E-state index contributed by atoms with van der Waals surface area (Å²) in [5.41, 5.74) is -0.0308. The summed E-state index contributed by atoms with van der Waals surface area (Å²) >= 11 is 0. The third-order valence-corrected chi connectivity index (χ3v) is 11.6. The SMILES string of the molecule is CCCCC(NC(=O)[C@@H]1C2C(CN1C(=O)[C@@H](N[C@H](C)NC1CCCCC1)C(C)(C)C)C2(C)C)C(=O)C(=O)NCC(=O)N[C@H](C(=O)N(C)C)c1ccccc1. The average Bonchev–Trinajstić information content (AvgIpc) is 3.43. The van der Waals surface area contributed by atoms with Crippen LogP contribution in [-0.4, -0.2) is 103 Å². The highest BCUT2D eigenvalue weighted by Crippen LogP contribution is 2.65. The molecule has 300 valence electrons. The molecule has 13 heteroatoms. The highest BCUT2D eigenvalue weighted by Gasteiger charge is 2.69. The van der Waals surface area contributed by atoms with Crippen LogP contribution in [0.15, 0.2) is 30.3 Å². The van der Waals surface area contributed by atoms with Gasteiger partial charge in [-0.1, -0.05) is 104 Å². The Morgan fingerprint density at radius 1 is 0.963 bits per heavy atom. The molecule has 3 unspecified atom stereocenters. The highest BCUT2D eigenvalue weighted by molar-refractivity contribution is 6.38. The van der Waals surface area contributed by atoms with Crippen molar-refractivity contribution in [2.45, 2.75) is 136 Å². The largest absolute Gasteiger partial charge is 0.347 e. The van der Waals surface area contributed by atoms with E-state index < -0.39 is 59.6 Å². The number of unbranched alkanes of at least 4 members (excludes halogenated alkanes) is 1. The van der Waals surface area contributed by atoms with Gasteiger partial charge in [0.15, 0.2) is 0 Å². The number of fused-ring (bicyclic) bond motifs is 1. The standard InChI is InChI=1S/C41H65N7O6/c1-10-11-22-29(34(50)37(52)42-23-30(49)46-32(38(53)47(8)9)26-18-14-12-15-19-26)45-36(51)33-31-28(41(31,6)7)24-48(33)39(54)35(40(3,4)5)44-25(2)43-27-20-16-13-17-21-27/h12,14-15,18-19,25,27-29,31-33,35,43-44H,10-11,13,16-17,20-24H2,1-9H3,(H,42,52)(H,45,51)(H,46,49)/t25-,28?,29?,31?,32+,33+,35-/m1/s1. The fourth-order valence-electron chi connectivity index (χ4n) is 8.34. The fourth-order valence-corrected chi connectivity index (χ4v) is 8.34. The Bertz CT molecular complexity index is 1500. The number of rotatable bonds is 17. The summed E-state index contributed by atoms with van der Waals surface area (Å²) in [7, 11) is 3.16. The number of piperidine rings is 1. The molecule has 0 spiro atoms. The van der Waals surface area contributed by atoms with Crippen LogP contribution < -0.4 is 26.6 Å². The molecule has 0 aromatic heterocycles. The number of likely N-dealkylation sites (N-methyl/N-ethyl adjacent to an activating group) is 1. The summed E-state index contributed by atoms with van der Waals surface area (Å²) in [4.78, 5) is 84.4. The zero-order valence-corrected chi connectivity index (χ0v) is 33.9. The van der Waals surface area contributed by atoms with Crippen molar-refractivity contribution in [2.24, 2.45) is 22.7 Å². The van der Waals surface area contributed by atoms with Gasteiger partial charge in [-0.3, -0.25) is 39.4 Å². The van der Waals surface area contributed by atoms with Crippen molar-refractivity contribution in [2.75, 3.05) is 27.2 Å². The first-order valence-corrected chi connectivity index (χ1v) is 19.9. The number of Topliss-reactive ketones (excluding diaryl/α,β-unsaturated/α-hetero) is 1. The third-order valence-electron chi connectivity index (χ3n) is 11.6. The van der Waals surface area contributed by atoms with Crippen molar-refractivity contribution in [1.82, 2.24) is 36.4 Å². The minimum atomic E-state index is -1.14. The molecule has 1 aromatic rings. The number of ketones is 1. The van der Waals surface area contributed by atoms with Gasteiger partial charge in [-0.05, 0) is 54.4 Å². The Morgan fingerprint density at radius 3 is 2.20 bits per heavy atom. The second-order valence-electron chi connectivity index (χ2n) is 17.5. The second kappa shape index (κ2) is 18.2. The number of hydrogen-bond acceptors (Lipinski definition) is 8. The summed E-state index contributed by atoms with van der Waals surface area (Å²) < 4.78 is 0. The molecule has 3 fully saturated rings. The summed E-state index contributed by atoms with van der Waals surface area (Å²) in [6.45, 7) is 14.2. The lowest BCUT2D eigenvalue weighted by molar-refractivity contribution is -0.145. The minimum Gasteiger partial charge on any atom is -0.347 e. The molecule has 7 atom stereocenters. The fraction of sp³-hybridized carbons (Fsp3) is 0.707. The number of hydrogen-bond donors (Lipinski definition) is 5. The highest BCUT2D eigenvalue weighted by atomic mass is 16.2. The van der Waals surface area contributed by atoms with E-state index in [9.17, 15) is 28.8 Å². The van der Waals surface area contributed by atoms with Crippen LogP contribution in [0.1, 0.15) is 111 Å².